The van der Waals surface area contributed by atoms with Crippen molar-refractivity contribution in [2.45, 2.75) is 0 Å². The van der Waals surface area contributed by atoms with E-state index in [0.29, 0.717) is 6.01 Å². The van der Waals surface area contributed by atoms with E-state index in [-0.39, 0.29) is 0 Å². The zero-order valence-electron chi connectivity index (χ0n) is 13.3. The smallest absolute Gasteiger partial charge is 0.298 e. The van der Waals surface area contributed by atoms with Gasteiger partial charge in [0.25, 0.3) is 6.01 Å². The molecule has 0 bridgehead atoms. The molecule has 6 nitrogen and oxygen atoms in total. The molecule has 25 heavy (non-hydrogen) atoms. The molecule has 5 rings (SSSR count). The second-order valence-corrected chi connectivity index (χ2v) is 7.71. The highest BCUT2D eigenvalue weighted by Gasteiger charge is 2.23. The van der Waals surface area contributed by atoms with Crippen molar-refractivity contribution in [1.82, 2.24) is 15.2 Å². The van der Waals surface area contributed by atoms with Crippen molar-refractivity contribution >= 4 is 44.9 Å². The van der Waals surface area contributed by atoms with Crippen LogP contribution in [0.5, 0.6) is 0 Å². The predicted octanol–water partition coefficient (Wildman–Crippen LogP) is 3.73. The fraction of sp³-hybridized carbons (Fsp3) is 0.235. The summed E-state index contributed by atoms with van der Waals surface area (Å²) in [6, 6.07) is 12.7. The first kappa shape index (κ1) is 14.9. The number of hydrogen-bond acceptors (Lipinski definition) is 8. The van der Waals surface area contributed by atoms with E-state index in [9.17, 15) is 0 Å². The zero-order chi connectivity index (χ0) is 16.6. The van der Waals surface area contributed by atoms with Crippen molar-refractivity contribution in [1.29, 1.82) is 0 Å². The first-order valence-electron chi connectivity index (χ1n) is 8.10. The van der Waals surface area contributed by atoms with Gasteiger partial charge in [-0.05, 0) is 23.6 Å². The standard InChI is InChI=1S/C17H15N5OS2/c1-2-5-13-12(4-1)18-16(23-13)21-7-9-22(10-8-21)17-20-19-15(25-17)14-6-3-11-24-14/h1-6,11H,7-10H2. The summed E-state index contributed by atoms with van der Waals surface area (Å²) in [5, 5.41) is 12.7. The van der Waals surface area contributed by atoms with Gasteiger partial charge in [-0.1, -0.05) is 29.5 Å². The van der Waals surface area contributed by atoms with Crippen molar-refractivity contribution in [2.75, 3.05) is 36.0 Å². The number of piperazine rings is 1. The SMILES string of the molecule is c1csc(-c2nnc(N3CCN(c4nc5ccccc5o4)CC3)s2)c1. The van der Waals surface area contributed by atoms with Crippen LogP contribution in [-0.2, 0) is 0 Å². The lowest BCUT2D eigenvalue weighted by molar-refractivity contribution is 0.541. The minimum atomic E-state index is 0.706. The van der Waals surface area contributed by atoms with Gasteiger partial charge in [-0.2, -0.15) is 4.98 Å². The van der Waals surface area contributed by atoms with Gasteiger partial charge in [0.15, 0.2) is 10.6 Å². The number of para-hydroxylation sites is 2. The lowest BCUT2D eigenvalue weighted by Crippen LogP contribution is -2.46. The largest absolute Gasteiger partial charge is 0.423 e. The molecule has 4 heterocycles. The summed E-state index contributed by atoms with van der Waals surface area (Å²) in [6.07, 6.45) is 0. The molecule has 0 aliphatic carbocycles. The number of nitrogens with zero attached hydrogens (tertiary/aromatic N) is 5. The van der Waals surface area contributed by atoms with E-state index in [0.717, 1.165) is 47.4 Å². The molecule has 3 aromatic heterocycles. The lowest BCUT2D eigenvalue weighted by atomic mass is 10.3. The van der Waals surface area contributed by atoms with Gasteiger partial charge >= 0.3 is 0 Å². The topological polar surface area (TPSA) is 58.3 Å². The monoisotopic (exact) mass is 369 g/mol. The third-order valence-corrected chi connectivity index (χ3v) is 6.27. The quantitative estimate of drug-likeness (QED) is 0.548. The summed E-state index contributed by atoms with van der Waals surface area (Å²) in [5.74, 6) is 0. The van der Waals surface area contributed by atoms with Crippen LogP contribution in [0.25, 0.3) is 21.0 Å². The van der Waals surface area contributed by atoms with Crippen LogP contribution in [0.2, 0.25) is 0 Å². The van der Waals surface area contributed by atoms with Crippen LogP contribution in [0.1, 0.15) is 0 Å². The van der Waals surface area contributed by atoms with Gasteiger partial charge in [0.2, 0.25) is 5.13 Å². The molecular weight excluding hydrogens is 354 g/mol. The van der Waals surface area contributed by atoms with Gasteiger partial charge < -0.3 is 14.2 Å². The highest BCUT2D eigenvalue weighted by molar-refractivity contribution is 7.22. The Hall–Kier alpha value is -2.45. The number of hydrogen-bond donors (Lipinski definition) is 0. The molecule has 0 unspecified atom stereocenters. The summed E-state index contributed by atoms with van der Waals surface area (Å²) < 4.78 is 5.87. The Balaban J connectivity index is 1.29. The Bertz CT molecular complexity index is 952. The lowest BCUT2D eigenvalue weighted by Gasteiger charge is -2.33. The minimum absolute atomic E-state index is 0.706. The first-order valence-corrected chi connectivity index (χ1v) is 9.79. The van der Waals surface area contributed by atoms with Crippen LogP contribution in [0.4, 0.5) is 11.1 Å². The van der Waals surface area contributed by atoms with Crippen molar-refractivity contribution in [2.24, 2.45) is 0 Å². The van der Waals surface area contributed by atoms with Gasteiger partial charge in [-0.25, -0.2) is 0 Å². The molecule has 0 atom stereocenters. The Kier molecular flexibility index (Phi) is 3.64. The van der Waals surface area contributed by atoms with E-state index < -0.39 is 0 Å². The Morgan fingerprint density at radius 1 is 0.920 bits per heavy atom. The van der Waals surface area contributed by atoms with Crippen LogP contribution in [0, 0.1) is 0 Å². The highest BCUT2D eigenvalue weighted by atomic mass is 32.1. The number of aromatic nitrogens is 3. The summed E-state index contributed by atoms with van der Waals surface area (Å²) in [6.45, 7) is 3.50. The number of benzene rings is 1. The number of oxazole rings is 1. The van der Waals surface area contributed by atoms with Crippen molar-refractivity contribution in [3.05, 3.63) is 41.8 Å². The van der Waals surface area contributed by atoms with Crippen LogP contribution in [0.3, 0.4) is 0 Å². The summed E-state index contributed by atoms with van der Waals surface area (Å²) >= 11 is 3.35. The van der Waals surface area contributed by atoms with Gasteiger partial charge in [0, 0.05) is 26.2 Å². The molecule has 0 saturated carbocycles. The minimum Gasteiger partial charge on any atom is -0.423 e. The molecule has 0 N–H and O–H groups in total. The molecule has 1 fully saturated rings. The van der Waals surface area contributed by atoms with E-state index in [1.807, 2.05) is 30.3 Å². The zero-order valence-corrected chi connectivity index (χ0v) is 15.0. The Labute approximate surface area is 152 Å². The van der Waals surface area contributed by atoms with E-state index in [2.05, 4.69) is 36.4 Å². The molecule has 1 aliphatic heterocycles. The van der Waals surface area contributed by atoms with Crippen molar-refractivity contribution < 1.29 is 4.42 Å². The molecule has 0 radical (unpaired) electrons. The van der Waals surface area contributed by atoms with E-state index in [1.54, 1.807) is 22.7 Å². The molecule has 0 spiro atoms. The summed E-state index contributed by atoms with van der Waals surface area (Å²) in [4.78, 5) is 10.2. The molecule has 1 aliphatic rings. The molecule has 8 heteroatoms. The van der Waals surface area contributed by atoms with Crippen LogP contribution >= 0.6 is 22.7 Å². The number of rotatable bonds is 3. The van der Waals surface area contributed by atoms with E-state index in [4.69, 9.17) is 4.42 Å². The second-order valence-electron chi connectivity index (χ2n) is 5.81. The van der Waals surface area contributed by atoms with E-state index >= 15 is 0 Å². The molecule has 4 aromatic rings. The predicted molar refractivity (Wildman–Crippen MR) is 102 cm³/mol. The van der Waals surface area contributed by atoms with Crippen molar-refractivity contribution in [3.63, 3.8) is 0 Å². The maximum atomic E-state index is 5.87. The van der Waals surface area contributed by atoms with E-state index in [1.165, 1.54) is 4.88 Å². The van der Waals surface area contributed by atoms with Crippen LogP contribution in [-0.4, -0.2) is 41.4 Å². The number of fused-ring (bicyclic) bond motifs is 1. The fourth-order valence-electron chi connectivity index (χ4n) is 2.93. The molecule has 1 saturated heterocycles. The van der Waals surface area contributed by atoms with Gasteiger partial charge in [0.05, 0.1) is 4.88 Å². The average molecular weight is 369 g/mol. The maximum absolute atomic E-state index is 5.87. The molecule has 1 aromatic carbocycles. The molecule has 126 valence electrons. The second kappa shape index (κ2) is 6.12. The Morgan fingerprint density at radius 3 is 2.56 bits per heavy atom. The summed E-state index contributed by atoms with van der Waals surface area (Å²) in [7, 11) is 0. The van der Waals surface area contributed by atoms with Crippen molar-refractivity contribution in [3.8, 4) is 9.88 Å². The van der Waals surface area contributed by atoms with Gasteiger partial charge in [-0.15, -0.1) is 21.5 Å². The highest BCUT2D eigenvalue weighted by Crippen LogP contribution is 2.32. The van der Waals surface area contributed by atoms with Crippen LogP contribution < -0.4 is 9.80 Å². The average Bonchev–Trinajstić information content (AvgIpc) is 3.40. The third kappa shape index (κ3) is 2.77. The molecule has 0 amide bonds. The normalized spacial score (nSPS) is 15.2. The Morgan fingerprint density at radius 2 is 1.76 bits per heavy atom. The maximum Gasteiger partial charge on any atom is 0.298 e. The van der Waals surface area contributed by atoms with Gasteiger partial charge in [0.1, 0.15) is 5.52 Å². The first-order chi connectivity index (χ1) is 12.4. The van der Waals surface area contributed by atoms with Crippen LogP contribution in [0.15, 0.2) is 46.2 Å². The molecular formula is C17H15N5OS2. The van der Waals surface area contributed by atoms with Gasteiger partial charge in [-0.3, -0.25) is 0 Å². The summed E-state index contributed by atoms with van der Waals surface area (Å²) in [5.41, 5.74) is 1.74. The fourth-order valence-corrected chi connectivity index (χ4v) is 4.62. The third-order valence-electron chi connectivity index (χ3n) is 4.25. The number of anilines is 2. The number of thiophene rings is 1.